The Morgan fingerprint density at radius 1 is 1.26 bits per heavy atom. The van der Waals surface area contributed by atoms with E-state index in [0.717, 1.165) is 49.7 Å². The number of fused-ring (bicyclic) bond motifs is 1. The maximum absolute atomic E-state index is 7.11. The first-order valence-electron chi connectivity index (χ1n) is 6.46. The molecule has 0 spiro atoms. The molecular weight excluding hydrogens is 240 g/mol. The van der Waals surface area contributed by atoms with Crippen LogP contribution in [0.2, 0.25) is 0 Å². The molecule has 0 saturated carbocycles. The highest BCUT2D eigenvalue weighted by Crippen LogP contribution is 2.17. The molecule has 2 heterocycles. The summed E-state index contributed by atoms with van der Waals surface area (Å²) in [6, 6.07) is 7.99. The maximum Gasteiger partial charge on any atom is 0.294 e. The Morgan fingerprint density at radius 2 is 2.05 bits per heavy atom. The molecule has 19 heavy (non-hydrogen) atoms. The largest absolute Gasteiger partial charge is 0.379 e. The fourth-order valence-corrected chi connectivity index (χ4v) is 2.43. The molecule has 0 radical (unpaired) electrons. The molecule has 98 valence electrons. The lowest BCUT2D eigenvalue weighted by Crippen LogP contribution is -2.36. The van der Waals surface area contributed by atoms with Crippen molar-refractivity contribution >= 4 is 11.0 Å². The molecule has 5 nitrogen and oxygen atoms in total. The van der Waals surface area contributed by atoms with Gasteiger partial charge in [-0.25, -0.2) is 11.6 Å². The lowest BCUT2D eigenvalue weighted by molar-refractivity contribution is 0.0327. The third kappa shape index (κ3) is 2.46. The van der Waals surface area contributed by atoms with Crippen molar-refractivity contribution in [2.75, 3.05) is 26.3 Å². The first-order valence-corrected chi connectivity index (χ1v) is 6.46. The Bertz CT molecular complexity index is 607. The number of nitrogens with zero attached hydrogens (tertiary/aromatic N) is 4. The van der Waals surface area contributed by atoms with Crippen LogP contribution in [-0.2, 0) is 18.0 Å². The predicted molar refractivity (Wildman–Crippen MR) is 72.4 cm³/mol. The SMILES string of the molecule is [C-]#[N+]Cn1c(CN2CCOCC2)nc2ccccc21. The summed E-state index contributed by atoms with van der Waals surface area (Å²) >= 11 is 0. The minimum absolute atomic E-state index is 0.334. The van der Waals surface area contributed by atoms with Crippen molar-refractivity contribution in [1.29, 1.82) is 0 Å². The van der Waals surface area contributed by atoms with Crippen LogP contribution in [0.25, 0.3) is 15.9 Å². The van der Waals surface area contributed by atoms with Crippen LogP contribution in [0.15, 0.2) is 24.3 Å². The maximum atomic E-state index is 7.11. The standard InChI is InChI=1S/C14H16N4O/c1-15-11-18-13-5-3-2-4-12(13)16-14(18)10-17-6-8-19-9-7-17/h2-5H,6-11H2. The normalized spacial score (nSPS) is 16.6. The van der Waals surface area contributed by atoms with Crippen LogP contribution in [0.3, 0.4) is 0 Å². The zero-order chi connectivity index (χ0) is 13.1. The van der Waals surface area contributed by atoms with E-state index in [-0.39, 0.29) is 0 Å². The van der Waals surface area contributed by atoms with Gasteiger partial charge in [0.05, 0.1) is 30.8 Å². The molecule has 0 N–H and O–H groups in total. The van der Waals surface area contributed by atoms with Gasteiger partial charge >= 0.3 is 0 Å². The summed E-state index contributed by atoms with van der Waals surface area (Å²) in [5.74, 6) is 0.971. The van der Waals surface area contributed by atoms with Gasteiger partial charge in [0.2, 0.25) is 0 Å². The molecule has 0 aliphatic carbocycles. The van der Waals surface area contributed by atoms with Crippen LogP contribution >= 0.6 is 0 Å². The Kier molecular flexibility index (Phi) is 3.45. The van der Waals surface area contributed by atoms with E-state index in [9.17, 15) is 0 Å². The fourth-order valence-electron chi connectivity index (χ4n) is 2.43. The van der Waals surface area contributed by atoms with E-state index in [4.69, 9.17) is 11.3 Å². The molecule has 0 amide bonds. The number of hydrogen-bond donors (Lipinski definition) is 0. The van der Waals surface area contributed by atoms with Gasteiger partial charge in [-0.1, -0.05) is 12.1 Å². The van der Waals surface area contributed by atoms with Gasteiger partial charge in [-0.2, -0.15) is 0 Å². The minimum atomic E-state index is 0.334. The smallest absolute Gasteiger partial charge is 0.294 e. The second-order valence-corrected chi connectivity index (χ2v) is 4.63. The second-order valence-electron chi connectivity index (χ2n) is 4.63. The zero-order valence-corrected chi connectivity index (χ0v) is 10.7. The first-order chi connectivity index (χ1) is 9.38. The molecule has 0 atom stereocenters. The van der Waals surface area contributed by atoms with Crippen molar-refractivity contribution < 1.29 is 4.74 Å². The highest BCUT2D eigenvalue weighted by atomic mass is 16.5. The number of ether oxygens (including phenoxy) is 1. The number of rotatable bonds is 3. The summed E-state index contributed by atoms with van der Waals surface area (Å²) in [6.45, 7) is 11.7. The third-order valence-electron chi connectivity index (χ3n) is 3.41. The number of morpholine rings is 1. The van der Waals surface area contributed by atoms with Crippen LogP contribution in [0, 0.1) is 6.57 Å². The number of hydrogen-bond acceptors (Lipinski definition) is 3. The van der Waals surface area contributed by atoms with E-state index in [2.05, 4.69) is 14.7 Å². The molecule has 2 aromatic rings. The average Bonchev–Trinajstić information content (AvgIpc) is 2.79. The lowest BCUT2D eigenvalue weighted by atomic mass is 10.3. The average molecular weight is 256 g/mol. The molecule has 0 unspecified atom stereocenters. The van der Waals surface area contributed by atoms with Gasteiger partial charge in [0.1, 0.15) is 5.82 Å². The molecule has 1 aliphatic rings. The van der Waals surface area contributed by atoms with Crippen molar-refractivity contribution in [3.63, 3.8) is 0 Å². The van der Waals surface area contributed by atoms with E-state index >= 15 is 0 Å². The van der Waals surface area contributed by atoms with Crippen molar-refractivity contribution in [3.8, 4) is 0 Å². The topological polar surface area (TPSA) is 34.6 Å². The second kappa shape index (κ2) is 5.39. The number of imidazole rings is 1. The van der Waals surface area contributed by atoms with Crippen molar-refractivity contribution in [2.24, 2.45) is 0 Å². The molecule has 0 bridgehead atoms. The van der Waals surface area contributed by atoms with Crippen LogP contribution in [0.5, 0.6) is 0 Å². The number of benzene rings is 1. The summed E-state index contributed by atoms with van der Waals surface area (Å²) in [5.41, 5.74) is 2.01. The molecule has 1 fully saturated rings. The molecule has 3 rings (SSSR count). The van der Waals surface area contributed by atoms with E-state index in [1.54, 1.807) is 0 Å². The van der Waals surface area contributed by atoms with Crippen molar-refractivity contribution in [3.05, 3.63) is 41.5 Å². The van der Waals surface area contributed by atoms with E-state index in [0.29, 0.717) is 6.67 Å². The Morgan fingerprint density at radius 3 is 2.84 bits per heavy atom. The van der Waals surface area contributed by atoms with E-state index in [1.165, 1.54) is 0 Å². The van der Waals surface area contributed by atoms with Gasteiger partial charge < -0.3 is 4.74 Å². The number of aromatic nitrogens is 2. The van der Waals surface area contributed by atoms with Crippen LogP contribution in [-0.4, -0.2) is 40.8 Å². The first kappa shape index (κ1) is 12.2. The fraction of sp³-hybridized carbons (Fsp3) is 0.429. The van der Waals surface area contributed by atoms with Crippen LogP contribution < -0.4 is 0 Å². The predicted octanol–water partition coefficient (Wildman–Crippen LogP) is 1.75. The third-order valence-corrected chi connectivity index (χ3v) is 3.41. The van der Waals surface area contributed by atoms with Gasteiger partial charge in [0.25, 0.3) is 6.67 Å². The van der Waals surface area contributed by atoms with Gasteiger partial charge in [0.15, 0.2) is 0 Å². The monoisotopic (exact) mass is 256 g/mol. The Hall–Kier alpha value is -1.90. The summed E-state index contributed by atoms with van der Waals surface area (Å²) in [5, 5.41) is 0. The Labute approximate surface area is 112 Å². The van der Waals surface area contributed by atoms with Crippen molar-refractivity contribution in [1.82, 2.24) is 14.5 Å². The highest BCUT2D eigenvalue weighted by molar-refractivity contribution is 5.75. The lowest BCUT2D eigenvalue weighted by Gasteiger charge is -2.25. The summed E-state index contributed by atoms with van der Waals surface area (Å²) in [6.07, 6.45) is 0. The van der Waals surface area contributed by atoms with Gasteiger partial charge in [-0.15, -0.1) is 0 Å². The van der Waals surface area contributed by atoms with Gasteiger partial charge in [-0.05, 0) is 12.1 Å². The molecule has 1 aromatic carbocycles. The molecule has 5 heteroatoms. The highest BCUT2D eigenvalue weighted by Gasteiger charge is 2.17. The molecule has 1 aromatic heterocycles. The number of para-hydroxylation sites is 2. The minimum Gasteiger partial charge on any atom is -0.379 e. The summed E-state index contributed by atoms with van der Waals surface area (Å²) in [7, 11) is 0. The van der Waals surface area contributed by atoms with E-state index < -0.39 is 0 Å². The van der Waals surface area contributed by atoms with Crippen molar-refractivity contribution in [2.45, 2.75) is 13.2 Å². The molecule has 1 saturated heterocycles. The molecule has 1 aliphatic heterocycles. The van der Waals surface area contributed by atoms with Crippen LogP contribution in [0.1, 0.15) is 5.82 Å². The van der Waals surface area contributed by atoms with Crippen LogP contribution in [0.4, 0.5) is 0 Å². The van der Waals surface area contributed by atoms with Gasteiger partial charge in [0, 0.05) is 13.1 Å². The zero-order valence-electron chi connectivity index (χ0n) is 10.7. The quantitative estimate of drug-likeness (QED) is 0.785. The summed E-state index contributed by atoms with van der Waals surface area (Å²) < 4.78 is 7.37. The Balaban J connectivity index is 1.92. The summed E-state index contributed by atoms with van der Waals surface area (Å²) in [4.78, 5) is 10.5. The van der Waals surface area contributed by atoms with Gasteiger partial charge in [-0.3, -0.25) is 14.3 Å². The van der Waals surface area contributed by atoms with E-state index in [1.807, 2.05) is 28.8 Å². The molecular formula is C14H16N4O.